The minimum Gasteiger partial charge on any atom is -0.387 e. The molecular formula is C18H20FNO2. The molecule has 3 nitrogen and oxygen atoms in total. The van der Waals surface area contributed by atoms with Crippen molar-refractivity contribution >= 4 is 5.91 Å². The molecule has 2 rings (SSSR count). The van der Waals surface area contributed by atoms with Crippen LogP contribution in [0.2, 0.25) is 0 Å². The highest BCUT2D eigenvalue weighted by Gasteiger charge is 2.10. The van der Waals surface area contributed by atoms with Crippen LogP contribution in [0.1, 0.15) is 29.2 Å². The molecule has 0 saturated carbocycles. The van der Waals surface area contributed by atoms with Gasteiger partial charge in [-0.25, -0.2) is 4.39 Å². The molecule has 2 aromatic carbocycles. The van der Waals surface area contributed by atoms with Crippen LogP contribution >= 0.6 is 0 Å². The van der Waals surface area contributed by atoms with Crippen molar-refractivity contribution in [3.05, 3.63) is 71.0 Å². The molecule has 0 aromatic heterocycles. The molecule has 0 heterocycles. The van der Waals surface area contributed by atoms with E-state index in [0.29, 0.717) is 18.4 Å². The van der Waals surface area contributed by atoms with Gasteiger partial charge in [-0.05, 0) is 42.2 Å². The summed E-state index contributed by atoms with van der Waals surface area (Å²) >= 11 is 0. The number of aliphatic hydroxyl groups excluding tert-OH is 1. The Morgan fingerprint density at radius 1 is 1.18 bits per heavy atom. The first-order chi connectivity index (χ1) is 10.6. The maximum Gasteiger partial charge on any atom is 0.220 e. The molecule has 0 aliphatic heterocycles. The molecule has 1 atom stereocenters. The molecule has 0 fully saturated rings. The number of benzene rings is 2. The van der Waals surface area contributed by atoms with Gasteiger partial charge < -0.3 is 10.4 Å². The number of carbonyl (C=O) groups is 1. The van der Waals surface area contributed by atoms with E-state index in [1.165, 1.54) is 29.8 Å². The van der Waals surface area contributed by atoms with E-state index in [9.17, 15) is 14.3 Å². The molecule has 0 aliphatic carbocycles. The van der Waals surface area contributed by atoms with Crippen LogP contribution in [0.3, 0.4) is 0 Å². The lowest BCUT2D eigenvalue weighted by atomic mass is 10.0. The highest BCUT2D eigenvalue weighted by molar-refractivity contribution is 5.76. The number of hydrogen-bond acceptors (Lipinski definition) is 2. The summed E-state index contributed by atoms with van der Waals surface area (Å²) in [7, 11) is 0. The fourth-order valence-electron chi connectivity index (χ4n) is 2.24. The molecule has 0 radical (unpaired) electrons. The Labute approximate surface area is 129 Å². The third-order valence-electron chi connectivity index (χ3n) is 3.63. The highest BCUT2D eigenvalue weighted by Crippen LogP contribution is 2.13. The molecule has 116 valence electrons. The summed E-state index contributed by atoms with van der Waals surface area (Å²) in [5.74, 6) is -0.456. The van der Waals surface area contributed by atoms with E-state index in [0.717, 1.165) is 5.56 Å². The maximum atomic E-state index is 12.8. The molecule has 22 heavy (non-hydrogen) atoms. The van der Waals surface area contributed by atoms with Gasteiger partial charge in [0, 0.05) is 13.0 Å². The first-order valence-corrected chi connectivity index (χ1v) is 7.31. The number of rotatable bonds is 6. The van der Waals surface area contributed by atoms with E-state index in [-0.39, 0.29) is 18.3 Å². The SMILES string of the molecule is Cc1ccccc1CCC(=O)NCC(O)c1ccc(F)cc1. The number of nitrogens with one attached hydrogen (secondary N) is 1. The van der Waals surface area contributed by atoms with Gasteiger partial charge >= 0.3 is 0 Å². The average molecular weight is 301 g/mol. The van der Waals surface area contributed by atoms with Gasteiger partial charge in [0.05, 0.1) is 6.10 Å². The van der Waals surface area contributed by atoms with Crippen LogP contribution in [0.4, 0.5) is 4.39 Å². The summed E-state index contributed by atoms with van der Waals surface area (Å²) in [6.45, 7) is 2.14. The second-order valence-corrected chi connectivity index (χ2v) is 5.30. The van der Waals surface area contributed by atoms with Crippen molar-refractivity contribution in [2.45, 2.75) is 25.9 Å². The van der Waals surface area contributed by atoms with Crippen molar-refractivity contribution in [3.63, 3.8) is 0 Å². The number of amides is 1. The molecular weight excluding hydrogens is 281 g/mol. The fraction of sp³-hybridized carbons (Fsp3) is 0.278. The Morgan fingerprint density at radius 2 is 1.86 bits per heavy atom. The van der Waals surface area contributed by atoms with Crippen molar-refractivity contribution < 1.29 is 14.3 Å². The zero-order valence-electron chi connectivity index (χ0n) is 12.6. The fourth-order valence-corrected chi connectivity index (χ4v) is 2.24. The average Bonchev–Trinajstić information content (AvgIpc) is 2.52. The lowest BCUT2D eigenvalue weighted by Gasteiger charge is -2.12. The monoisotopic (exact) mass is 301 g/mol. The first kappa shape index (κ1) is 16.2. The molecule has 1 unspecified atom stereocenters. The minimum atomic E-state index is -0.831. The summed E-state index contributed by atoms with van der Waals surface area (Å²) in [6.07, 6.45) is 0.217. The van der Waals surface area contributed by atoms with Crippen LogP contribution in [0.25, 0.3) is 0 Å². The molecule has 2 N–H and O–H groups in total. The van der Waals surface area contributed by atoms with E-state index in [1.807, 2.05) is 31.2 Å². The summed E-state index contributed by atoms with van der Waals surface area (Å²) < 4.78 is 12.8. The summed E-state index contributed by atoms with van der Waals surface area (Å²) in [4.78, 5) is 11.8. The van der Waals surface area contributed by atoms with Crippen molar-refractivity contribution in [2.24, 2.45) is 0 Å². The highest BCUT2D eigenvalue weighted by atomic mass is 19.1. The second-order valence-electron chi connectivity index (χ2n) is 5.30. The number of aliphatic hydroxyl groups is 1. The Balaban J connectivity index is 1.78. The van der Waals surface area contributed by atoms with Crippen LogP contribution in [0, 0.1) is 12.7 Å². The van der Waals surface area contributed by atoms with E-state index in [2.05, 4.69) is 5.32 Å². The predicted molar refractivity (Wildman–Crippen MR) is 83.9 cm³/mol. The summed E-state index contributed by atoms with van der Waals surface area (Å²) in [5, 5.41) is 12.7. The normalized spacial score (nSPS) is 12.0. The van der Waals surface area contributed by atoms with Crippen molar-refractivity contribution in [1.29, 1.82) is 0 Å². The predicted octanol–water partition coefficient (Wildman–Crippen LogP) is 2.92. The molecule has 4 heteroatoms. The van der Waals surface area contributed by atoms with Gasteiger partial charge in [0.15, 0.2) is 0 Å². The standard InChI is InChI=1S/C18H20FNO2/c1-13-4-2-3-5-14(13)8-11-18(22)20-12-17(21)15-6-9-16(19)10-7-15/h2-7,9-10,17,21H,8,11-12H2,1H3,(H,20,22). The quantitative estimate of drug-likeness (QED) is 0.862. The Bertz CT molecular complexity index is 625. The molecule has 0 spiro atoms. The van der Waals surface area contributed by atoms with Gasteiger partial charge in [-0.2, -0.15) is 0 Å². The number of hydrogen-bond donors (Lipinski definition) is 2. The Kier molecular flexibility index (Phi) is 5.67. The zero-order chi connectivity index (χ0) is 15.9. The van der Waals surface area contributed by atoms with Gasteiger partial charge in [0.25, 0.3) is 0 Å². The molecule has 1 amide bonds. The number of halogens is 1. The van der Waals surface area contributed by atoms with Gasteiger partial charge in [0.2, 0.25) is 5.91 Å². The number of carbonyl (C=O) groups excluding carboxylic acids is 1. The molecule has 0 saturated heterocycles. The molecule has 0 aliphatic rings. The third-order valence-corrected chi connectivity index (χ3v) is 3.63. The van der Waals surface area contributed by atoms with Gasteiger partial charge in [-0.3, -0.25) is 4.79 Å². The zero-order valence-corrected chi connectivity index (χ0v) is 12.6. The van der Waals surface area contributed by atoms with Crippen LogP contribution in [0.5, 0.6) is 0 Å². The molecule has 0 bridgehead atoms. The van der Waals surface area contributed by atoms with E-state index >= 15 is 0 Å². The minimum absolute atomic E-state index is 0.107. The maximum absolute atomic E-state index is 12.8. The van der Waals surface area contributed by atoms with Crippen LogP contribution in [-0.2, 0) is 11.2 Å². The Morgan fingerprint density at radius 3 is 2.55 bits per heavy atom. The van der Waals surface area contributed by atoms with Crippen LogP contribution in [-0.4, -0.2) is 17.6 Å². The smallest absolute Gasteiger partial charge is 0.220 e. The lowest BCUT2D eigenvalue weighted by molar-refractivity contribution is -0.121. The Hall–Kier alpha value is -2.20. The van der Waals surface area contributed by atoms with Crippen molar-refractivity contribution in [1.82, 2.24) is 5.32 Å². The second kappa shape index (κ2) is 7.71. The third kappa shape index (κ3) is 4.67. The van der Waals surface area contributed by atoms with E-state index < -0.39 is 6.10 Å². The van der Waals surface area contributed by atoms with Gasteiger partial charge in [-0.1, -0.05) is 36.4 Å². The number of aryl methyl sites for hydroxylation is 2. The van der Waals surface area contributed by atoms with Crippen molar-refractivity contribution in [2.75, 3.05) is 6.54 Å². The van der Waals surface area contributed by atoms with E-state index in [4.69, 9.17) is 0 Å². The van der Waals surface area contributed by atoms with Gasteiger partial charge in [0.1, 0.15) is 5.82 Å². The van der Waals surface area contributed by atoms with Crippen LogP contribution < -0.4 is 5.32 Å². The largest absolute Gasteiger partial charge is 0.387 e. The topological polar surface area (TPSA) is 49.3 Å². The van der Waals surface area contributed by atoms with E-state index in [1.54, 1.807) is 0 Å². The lowest BCUT2D eigenvalue weighted by Crippen LogP contribution is -2.28. The van der Waals surface area contributed by atoms with Crippen molar-refractivity contribution in [3.8, 4) is 0 Å². The molecule has 2 aromatic rings. The van der Waals surface area contributed by atoms with Crippen LogP contribution in [0.15, 0.2) is 48.5 Å². The first-order valence-electron chi connectivity index (χ1n) is 7.31. The van der Waals surface area contributed by atoms with Gasteiger partial charge in [-0.15, -0.1) is 0 Å². The summed E-state index contributed by atoms with van der Waals surface area (Å²) in [6, 6.07) is 13.6. The summed E-state index contributed by atoms with van der Waals surface area (Å²) in [5.41, 5.74) is 2.90.